The average molecular weight is 203 g/mol. The first kappa shape index (κ1) is 10.2. The standard InChI is InChI=1S/C13H17NO/c1-10(2)9-13(15)14-8-7-11-5-3-4-6-12(11)14/h3-6,10H,7-9H2,1-2H3. The van der Waals surface area contributed by atoms with Crippen molar-refractivity contribution < 1.29 is 4.79 Å². The third-order valence-corrected chi connectivity index (χ3v) is 2.77. The van der Waals surface area contributed by atoms with Crippen molar-refractivity contribution in [1.82, 2.24) is 0 Å². The number of hydrogen-bond acceptors (Lipinski definition) is 1. The van der Waals surface area contributed by atoms with Crippen LogP contribution in [0.5, 0.6) is 0 Å². The molecule has 0 spiro atoms. The van der Waals surface area contributed by atoms with Gasteiger partial charge >= 0.3 is 0 Å². The second-order valence-electron chi connectivity index (χ2n) is 4.52. The summed E-state index contributed by atoms with van der Waals surface area (Å²) in [6.45, 7) is 5.02. The maximum Gasteiger partial charge on any atom is 0.227 e. The minimum absolute atomic E-state index is 0.259. The zero-order valence-corrected chi connectivity index (χ0v) is 9.36. The van der Waals surface area contributed by atoms with Gasteiger partial charge in [0.2, 0.25) is 5.91 Å². The highest BCUT2D eigenvalue weighted by Gasteiger charge is 2.23. The Morgan fingerprint density at radius 3 is 2.87 bits per heavy atom. The molecule has 2 nitrogen and oxygen atoms in total. The molecule has 0 saturated heterocycles. The van der Waals surface area contributed by atoms with Crippen LogP contribution < -0.4 is 4.90 Å². The Hall–Kier alpha value is -1.31. The van der Waals surface area contributed by atoms with Gasteiger partial charge in [0.15, 0.2) is 0 Å². The second-order valence-corrected chi connectivity index (χ2v) is 4.52. The van der Waals surface area contributed by atoms with Crippen molar-refractivity contribution in [2.45, 2.75) is 26.7 Å². The zero-order valence-electron chi connectivity index (χ0n) is 9.36. The minimum atomic E-state index is 0.259. The van der Waals surface area contributed by atoms with Crippen LogP contribution in [0.25, 0.3) is 0 Å². The van der Waals surface area contributed by atoms with Gasteiger partial charge in [0, 0.05) is 18.7 Å². The summed E-state index contributed by atoms with van der Waals surface area (Å²) >= 11 is 0. The fraction of sp³-hybridized carbons (Fsp3) is 0.462. The molecule has 1 amide bonds. The first-order valence-electron chi connectivity index (χ1n) is 5.56. The first-order valence-corrected chi connectivity index (χ1v) is 5.56. The van der Waals surface area contributed by atoms with Crippen LogP contribution in [0, 0.1) is 5.92 Å². The van der Waals surface area contributed by atoms with Crippen LogP contribution in [0.15, 0.2) is 24.3 Å². The van der Waals surface area contributed by atoms with Gasteiger partial charge in [-0.3, -0.25) is 4.79 Å². The number of hydrogen-bond donors (Lipinski definition) is 0. The summed E-state index contributed by atoms with van der Waals surface area (Å²) in [5.41, 5.74) is 2.41. The molecule has 1 aliphatic rings. The summed E-state index contributed by atoms with van der Waals surface area (Å²) in [6, 6.07) is 8.19. The Labute approximate surface area is 90.9 Å². The van der Waals surface area contributed by atoms with E-state index in [-0.39, 0.29) is 5.91 Å². The van der Waals surface area contributed by atoms with Crippen LogP contribution >= 0.6 is 0 Å². The predicted octanol–water partition coefficient (Wildman–Crippen LogP) is 2.62. The summed E-state index contributed by atoms with van der Waals surface area (Å²) in [5, 5.41) is 0. The molecule has 0 fully saturated rings. The van der Waals surface area contributed by atoms with E-state index in [2.05, 4.69) is 19.9 Å². The average Bonchev–Trinajstić information content (AvgIpc) is 2.59. The summed E-state index contributed by atoms with van der Waals surface area (Å²) in [6.07, 6.45) is 1.65. The lowest BCUT2D eigenvalue weighted by molar-refractivity contribution is -0.119. The number of fused-ring (bicyclic) bond motifs is 1. The molecule has 0 N–H and O–H groups in total. The van der Waals surface area contributed by atoms with E-state index in [0.29, 0.717) is 12.3 Å². The van der Waals surface area contributed by atoms with Gasteiger partial charge < -0.3 is 4.90 Å². The van der Waals surface area contributed by atoms with Gasteiger partial charge in [-0.1, -0.05) is 32.0 Å². The Balaban J connectivity index is 2.17. The van der Waals surface area contributed by atoms with Crippen molar-refractivity contribution in [3.8, 4) is 0 Å². The number of anilines is 1. The molecule has 0 bridgehead atoms. The number of rotatable bonds is 2. The molecule has 0 aliphatic carbocycles. The van der Waals surface area contributed by atoms with Crippen molar-refractivity contribution in [3.05, 3.63) is 29.8 Å². The van der Waals surface area contributed by atoms with Gasteiger partial charge in [0.05, 0.1) is 0 Å². The largest absolute Gasteiger partial charge is 0.312 e. The fourth-order valence-corrected chi connectivity index (χ4v) is 2.06. The van der Waals surface area contributed by atoms with E-state index in [1.807, 2.05) is 23.1 Å². The van der Waals surface area contributed by atoms with E-state index in [0.717, 1.165) is 18.7 Å². The molecule has 0 unspecified atom stereocenters. The number of carbonyl (C=O) groups excluding carboxylic acids is 1. The minimum Gasteiger partial charge on any atom is -0.312 e. The van der Waals surface area contributed by atoms with Crippen molar-refractivity contribution in [3.63, 3.8) is 0 Å². The molecule has 0 atom stereocenters. The summed E-state index contributed by atoms with van der Waals surface area (Å²) in [7, 11) is 0. The Morgan fingerprint density at radius 1 is 1.40 bits per heavy atom. The highest BCUT2D eigenvalue weighted by atomic mass is 16.2. The number of para-hydroxylation sites is 1. The maximum absolute atomic E-state index is 11.9. The van der Waals surface area contributed by atoms with Crippen molar-refractivity contribution in [2.75, 3.05) is 11.4 Å². The SMILES string of the molecule is CC(C)CC(=O)N1CCc2ccccc21. The normalized spacial score (nSPS) is 14.5. The second kappa shape index (κ2) is 4.05. The molecule has 1 heterocycles. The molecule has 1 aromatic carbocycles. The lowest BCUT2D eigenvalue weighted by Crippen LogP contribution is -2.29. The molecule has 80 valence electrons. The molecular formula is C13H17NO. The Bertz CT molecular complexity index is 371. The van der Waals surface area contributed by atoms with E-state index in [9.17, 15) is 4.79 Å². The van der Waals surface area contributed by atoms with Crippen LogP contribution in [0.4, 0.5) is 5.69 Å². The predicted molar refractivity (Wildman–Crippen MR) is 62.0 cm³/mol. The summed E-state index contributed by atoms with van der Waals surface area (Å²) < 4.78 is 0. The lowest BCUT2D eigenvalue weighted by atomic mass is 10.1. The molecule has 0 aromatic heterocycles. The van der Waals surface area contributed by atoms with Gasteiger partial charge in [-0.15, -0.1) is 0 Å². The van der Waals surface area contributed by atoms with Gasteiger partial charge in [-0.2, -0.15) is 0 Å². The molecule has 2 heteroatoms. The van der Waals surface area contributed by atoms with E-state index >= 15 is 0 Å². The van der Waals surface area contributed by atoms with E-state index < -0.39 is 0 Å². The van der Waals surface area contributed by atoms with Crippen LogP contribution in [-0.4, -0.2) is 12.5 Å². The van der Waals surface area contributed by atoms with E-state index in [1.165, 1.54) is 5.56 Å². The first-order chi connectivity index (χ1) is 7.18. The maximum atomic E-state index is 11.9. The number of carbonyl (C=O) groups is 1. The highest BCUT2D eigenvalue weighted by Crippen LogP contribution is 2.28. The van der Waals surface area contributed by atoms with Crippen LogP contribution in [0.2, 0.25) is 0 Å². The molecular weight excluding hydrogens is 186 g/mol. The van der Waals surface area contributed by atoms with Crippen molar-refractivity contribution in [2.24, 2.45) is 5.92 Å². The molecule has 1 aromatic rings. The Morgan fingerprint density at radius 2 is 2.13 bits per heavy atom. The van der Waals surface area contributed by atoms with Gasteiger partial charge in [-0.25, -0.2) is 0 Å². The topological polar surface area (TPSA) is 20.3 Å². The molecule has 1 aliphatic heterocycles. The summed E-state index contributed by atoms with van der Waals surface area (Å²) in [4.78, 5) is 13.9. The molecule has 0 radical (unpaired) electrons. The lowest BCUT2D eigenvalue weighted by Gasteiger charge is -2.18. The van der Waals surface area contributed by atoms with Gasteiger partial charge in [-0.05, 0) is 24.0 Å². The quantitative estimate of drug-likeness (QED) is 0.723. The Kier molecular flexibility index (Phi) is 2.76. The van der Waals surface area contributed by atoms with E-state index in [1.54, 1.807) is 0 Å². The van der Waals surface area contributed by atoms with Gasteiger partial charge in [0.1, 0.15) is 0 Å². The number of benzene rings is 1. The highest BCUT2D eigenvalue weighted by molar-refractivity contribution is 5.95. The number of amides is 1. The van der Waals surface area contributed by atoms with Crippen LogP contribution in [-0.2, 0) is 11.2 Å². The fourth-order valence-electron chi connectivity index (χ4n) is 2.06. The van der Waals surface area contributed by atoms with Gasteiger partial charge in [0.25, 0.3) is 0 Å². The third kappa shape index (κ3) is 2.04. The van der Waals surface area contributed by atoms with Crippen molar-refractivity contribution in [1.29, 1.82) is 0 Å². The molecule has 2 rings (SSSR count). The zero-order chi connectivity index (χ0) is 10.8. The summed E-state index contributed by atoms with van der Waals surface area (Å²) in [5.74, 6) is 0.695. The monoisotopic (exact) mass is 203 g/mol. The third-order valence-electron chi connectivity index (χ3n) is 2.77. The van der Waals surface area contributed by atoms with E-state index in [4.69, 9.17) is 0 Å². The van der Waals surface area contributed by atoms with Crippen LogP contribution in [0.1, 0.15) is 25.8 Å². The molecule has 15 heavy (non-hydrogen) atoms. The smallest absolute Gasteiger partial charge is 0.227 e. The van der Waals surface area contributed by atoms with Crippen LogP contribution in [0.3, 0.4) is 0 Å². The van der Waals surface area contributed by atoms with Crippen molar-refractivity contribution >= 4 is 11.6 Å². The molecule has 0 saturated carbocycles. The number of nitrogens with zero attached hydrogens (tertiary/aromatic N) is 1.